The molecule has 0 saturated heterocycles. The molecule has 2 rings (SSSR count). The average Bonchev–Trinajstić information content (AvgIpc) is 2.48. The zero-order chi connectivity index (χ0) is 13.2. The van der Waals surface area contributed by atoms with E-state index >= 15 is 0 Å². The molecule has 0 unspecified atom stereocenters. The summed E-state index contributed by atoms with van der Waals surface area (Å²) in [6.07, 6.45) is 1.07. The molecule has 2 heteroatoms. The van der Waals surface area contributed by atoms with Gasteiger partial charge >= 0.3 is 0 Å². The number of aryl methyl sites for hydroxylation is 1. The summed E-state index contributed by atoms with van der Waals surface area (Å²) in [5.41, 5.74) is 2.52. The Morgan fingerprint density at radius 3 is 2.33 bits per heavy atom. The third-order valence-corrected chi connectivity index (χ3v) is 3.21. The summed E-state index contributed by atoms with van der Waals surface area (Å²) in [7, 11) is 0. The Bertz CT molecular complexity index is 440. The van der Waals surface area contributed by atoms with Crippen LogP contribution in [0.3, 0.4) is 0 Å². The molecular weight excluding hydrogens is 238 g/mol. The molecule has 2 aromatic rings. The molecule has 1 N–H and O–H groups in total. The third-order valence-electron chi connectivity index (χ3n) is 2.37. The number of benzene rings is 2. The topological polar surface area (TPSA) is 12.0 Å². The Hall–Kier alpha value is -1.41. The third kappa shape index (κ3) is 4.84. The van der Waals surface area contributed by atoms with Crippen LogP contribution in [0.15, 0.2) is 59.5 Å². The van der Waals surface area contributed by atoms with Crippen LogP contribution in [0.5, 0.6) is 0 Å². The summed E-state index contributed by atoms with van der Waals surface area (Å²) in [4.78, 5) is 1.23. The maximum absolute atomic E-state index is 3.35. The van der Waals surface area contributed by atoms with Crippen molar-refractivity contribution in [2.45, 2.75) is 32.1 Å². The minimum atomic E-state index is 1.07. The first-order valence-electron chi connectivity index (χ1n) is 6.45. The average molecular weight is 259 g/mol. The van der Waals surface area contributed by atoms with Crippen molar-refractivity contribution < 1.29 is 0 Å². The van der Waals surface area contributed by atoms with Crippen LogP contribution in [0.4, 0.5) is 5.69 Å². The largest absolute Gasteiger partial charge is 0.326 e. The highest BCUT2D eigenvalue weighted by Crippen LogP contribution is 2.21. The lowest BCUT2D eigenvalue weighted by molar-refractivity contribution is 1.14. The summed E-state index contributed by atoms with van der Waals surface area (Å²) in [5.74, 6) is 0. The molecule has 2 aromatic carbocycles. The molecule has 0 atom stereocenters. The van der Waals surface area contributed by atoms with E-state index in [2.05, 4.69) is 48.0 Å². The first-order valence-corrected chi connectivity index (χ1v) is 7.27. The SMILES string of the molecule is CC.CCc1cccc(NSc2ccccc2)c1. The van der Waals surface area contributed by atoms with Gasteiger partial charge in [-0.15, -0.1) is 0 Å². The van der Waals surface area contributed by atoms with Crippen LogP contribution in [0.1, 0.15) is 26.3 Å². The fourth-order valence-electron chi connectivity index (χ4n) is 1.46. The van der Waals surface area contributed by atoms with Gasteiger partial charge in [0, 0.05) is 10.6 Å². The molecule has 1 nitrogen and oxygen atoms in total. The van der Waals surface area contributed by atoms with Gasteiger partial charge in [0.2, 0.25) is 0 Å². The predicted octanol–water partition coefficient (Wildman–Crippen LogP) is 5.39. The number of rotatable bonds is 4. The van der Waals surface area contributed by atoms with Crippen molar-refractivity contribution in [3.63, 3.8) is 0 Å². The maximum atomic E-state index is 3.35. The first-order chi connectivity index (χ1) is 8.88. The number of nitrogens with one attached hydrogen (secondary N) is 1. The lowest BCUT2D eigenvalue weighted by Crippen LogP contribution is -1.88. The van der Waals surface area contributed by atoms with Gasteiger partial charge in [-0.25, -0.2) is 0 Å². The molecule has 96 valence electrons. The van der Waals surface area contributed by atoms with Gasteiger partial charge in [0.25, 0.3) is 0 Å². The molecule has 18 heavy (non-hydrogen) atoms. The molecule has 0 aliphatic rings. The van der Waals surface area contributed by atoms with Gasteiger partial charge in [0.1, 0.15) is 0 Å². The Kier molecular flexibility index (Phi) is 7.04. The standard InChI is InChI=1S/C14H15NS.C2H6/c1-2-12-7-6-8-13(11-12)15-16-14-9-4-3-5-10-14;1-2/h3-11,15H,2H2,1H3;1-2H3. The number of hydrogen-bond acceptors (Lipinski definition) is 2. The smallest absolute Gasteiger partial charge is 0.0445 e. The summed E-state index contributed by atoms with van der Waals surface area (Å²) in [5, 5.41) is 0. The highest BCUT2D eigenvalue weighted by atomic mass is 32.2. The van der Waals surface area contributed by atoms with Crippen molar-refractivity contribution in [2.75, 3.05) is 4.72 Å². The zero-order valence-corrected chi connectivity index (χ0v) is 12.1. The maximum Gasteiger partial charge on any atom is 0.0445 e. The predicted molar refractivity (Wildman–Crippen MR) is 83.1 cm³/mol. The Labute approximate surface area is 115 Å². The molecule has 0 radical (unpaired) electrons. The Morgan fingerprint density at radius 2 is 1.67 bits per heavy atom. The van der Waals surface area contributed by atoms with Crippen molar-refractivity contribution in [2.24, 2.45) is 0 Å². The van der Waals surface area contributed by atoms with E-state index in [1.54, 1.807) is 11.9 Å². The quantitative estimate of drug-likeness (QED) is 0.738. The van der Waals surface area contributed by atoms with Gasteiger partial charge in [-0.3, -0.25) is 0 Å². The fourth-order valence-corrected chi connectivity index (χ4v) is 2.12. The monoisotopic (exact) mass is 259 g/mol. The van der Waals surface area contributed by atoms with Crippen LogP contribution >= 0.6 is 11.9 Å². The van der Waals surface area contributed by atoms with Crippen molar-refractivity contribution >= 4 is 17.6 Å². The van der Waals surface area contributed by atoms with Gasteiger partial charge in [-0.05, 0) is 48.2 Å². The zero-order valence-electron chi connectivity index (χ0n) is 11.3. The van der Waals surface area contributed by atoms with Crippen LogP contribution in [0.25, 0.3) is 0 Å². The molecule has 0 bridgehead atoms. The van der Waals surface area contributed by atoms with Crippen LogP contribution in [0.2, 0.25) is 0 Å². The second-order valence-electron chi connectivity index (χ2n) is 3.57. The summed E-state index contributed by atoms with van der Waals surface area (Å²) in [6.45, 7) is 6.17. The van der Waals surface area contributed by atoms with E-state index in [4.69, 9.17) is 0 Å². The van der Waals surface area contributed by atoms with Crippen LogP contribution in [0, 0.1) is 0 Å². The molecular formula is C16H21NS. The van der Waals surface area contributed by atoms with E-state index in [0.717, 1.165) is 12.1 Å². The summed E-state index contributed by atoms with van der Waals surface area (Å²) >= 11 is 1.64. The van der Waals surface area contributed by atoms with E-state index in [9.17, 15) is 0 Å². The van der Waals surface area contributed by atoms with Crippen LogP contribution in [-0.2, 0) is 6.42 Å². The normalized spacial score (nSPS) is 9.28. The van der Waals surface area contributed by atoms with E-state index < -0.39 is 0 Å². The van der Waals surface area contributed by atoms with Crippen LogP contribution in [-0.4, -0.2) is 0 Å². The number of anilines is 1. The molecule has 0 fully saturated rings. The van der Waals surface area contributed by atoms with Crippen molar-refractivity contribution in [1.82, 2.24) is 0 Å². The minimum absolute atomic E-state index is 1.07. The summed E-state index contributed by atoms with van der Waals surface area (Å²) < 4.78 is 3.35. The van der Waals surface area contributed by atoms with E-state index in [-0.39, 0.29) is 0 Å². The molecule has 0 aromatic heterocycles. The van der Waals surface area contributed by atoms with Gasteiger partial charge in [0.15, 0.2) is 0 Å². The molecule has 0 spiro atoms. The molecule has 0 saturated carbocycles. The van der Waals surface area contributed by atoms with Crippen molar-refractivity contribution in [3.8, 4) is 0 Å². The highest BCUT2D eigenvalue weighted by Gasteiger charge is 1.95. The van der Waals surface area contributed by atoms with E-state index in [0.29, 0.717) is 0 Å². The second kappa shape index (κ2) is 8.65. The molecule has 0 amide bonds. The Morgan fingerprint density at radius 1 is 0.944 bits per heavy atom. The Balaban J connectivity index is 0.000000771. The highest BCUT2D eigenvalue weighted by molar-refractivity contribution is 8.00. The fraction of sp³-hybridized carbons (Fsp3) is 0.250. The lowest BCUT2D eigenvalue weighted by atomic mass is 10.1. The molecule has 0 aliphatic carbocycles. The second-order valence-corrected chi connectivity index (χ2v) is 4.45. The van der Waals surface area contributed by atoms with Gasteiger partial charge in [-0.2, -0.15) is 0 Å². The minimum Gasteiger partial charge on any atom is -0.326 e. The van der Waals surface area contributed by atoms with Crippen molar-refractivity contribution in [3.05, 3.63) is 60.2 Å². The van der Waals surface area contributed by atoms with E-state index in [1.165, 1.54) is 10.5 Å². The lowest BCUT2D eigenvalue weighted by Gasteiger charge is -2.06. The van der Waals surface area contributed by atoms with E-state index in [1.807, 2.05) is 32.0 Å². The molecule has 0 aliphatic heterocycles. The van der Waals surface area contributed by atoms with Crippen LogP contribution < -0.4 is 4.72 Å². The first kappa shape index (κ1) is 14.7. The van der Waals surface area contributed by atoms with Gasteiger partial charge in [0.05, 0.1) is 0 Å². The number of hydrogen-bond donors (Lipinski definition) is 1. The molecule has 0 heterocycles. The van der Waals surface area contributed by atoms with Crippen molar-refractivity contribution in [1.29, 1.82) is 0 Å². The summed E-state index contributed by atoms with van der Waals surface area (Å²) in [6, 6.07) is 18.8. The van der Waals surface area contributed by atoms with Gasteiger partial charge < -0.3 is 4.72 Å². The van der Waals surface area contributed by atoms with Gasteiger partial charge in [-0.1, -0.05) is 51.1 Å².